The third kappa shape index (κ3) is 3.45. The van der Waals surface area contributed by atoms with Crippen LogP contribution < -0.4 is 10.6 Å². The van der Waals surface area contributed by atoms with Gasteiger partial charge in [-0.15, -0.1) is 0 Å². The van der Waals surface area contributed by atoms with E-state index in [1.165, 1.54) is 0 Å². The monoisotopic (exact) mass is 378 g/mol. The molecule has 7 heteroatoms. The van der Waals surface area contributed by atoms with Gasteiger partial charge in [0.15, 0.2) is 0 Å². The Kier molecular flexibility index (Phi) is 4.55. The van der Waals surface area contributed by atoms with Gasteiger partial charge < -0.3 is 15.5 Å². The van der Waals surface area contributed by atoms with Crippen LogP contribution in [0.25, 0.3) is 22.3 Å². The number of nitrogens with zero attached hydrogens (tertiary/aromatic N) is 4. The molecule has 146 valence electrons. The molecule has 4 rings (SSSR count). The molecule has 1 fully saturated rings. The van der Waals surface area contributed by atoms with Crippen LogP contribution in [-0.2, 0) is 0 Å². The maximum absolute atomic E-state index is 12.3. The summed E-state index contributed by atoms with van der Waals surface area (Å²) >= 11 is 0. The summed E-state index contributed by atoms with van der Waals surface area (Å²) < 4.78 is 0. The predicted octanol–water partition coefficient (Wildman–Crippen LogP) is 2.64. The number of piperidine rings is 1. The normalized spacial score (nSPS) is 16.4. The Morgan fingerprint density at radius 1 is 1.25 bits per heavy atom. The number of hydrogen-bond donors (Lipinski definition) is 2. The number of benzene rings is 1. The van der Waals surface area contributed by atoms with E-state index in [0.29, 0.717) is 5.56 Å². The van der Waals surface area contributed by atoms with E-state index in [2.05, 4.69) is 33.1 Å². The first-order valence-corrected chi connectivity index (χ1v) is 9.54. The minimum Gasteiger partial charge on any atom is -0.370 e. The van der Waals surface area contributed by atoms with E-state index in [1.54, 1.807) is 19.0 Å². The van der Waals surface area contributed by atoms with Crippen LogP contribution in [0.1, 0.15) is 30.1 Å². The van der Waals surface area contributed by atoms with Gasteiger partial charge in [-0.2, -0.15) is 5.10 Å². The summed E-state index contributed by atoms with van der Waals surface area (Å²) in [6, 6.07) is 9.59. The number of rotatable bonds is 3. The Morgan fingerprint density at radius 2 is 2.00 bits per heavy atom. The van der Waals surface area contributed by atoms with Gasteiger partial charge in [0.05, 0.1) is 17.4 Å². The average molecular weight is 378 g/mol. The molecule has 1 amide bonds. The number of amides is 1. The molecular formula is C21H26N6O. The summed E-state index contributed by atoms with van der Waals surface area (Å²) in [7, 11) is 3.49. The first-order valence-electron chi connectivity index (χ1n) is 9.54. The van der Waals surface area contributed by atoms with Crippen LogP contribution >= 0.6 is 0 Å². The Morgan fingerprint density at radius 3 is 2.71 bits per heavy atom. The van der Waals surface area contributed by atoms with Crippen LogP contribution in [0.2, 0.25) is 0 Å². The molecule has 0 saturated carbocycles. The number of nitrogens with one attached hydrogen (secondary N) is 1. The van der Waals surface area contributed by atoms with Crippen molar-refractivity contribution >= 4 is 22.6 Å². The lowest BCUT2D eigenvalue weighted by Crippen LogP contribution is -2.48. The summed E-state index contributed by atoms with van der Waals surface area (Å²) in [5, 5.41) is 7.56. The SMILES string of the molecule is CN(C)C(=O)c1cccc(-c2n[nH]c3cc(N4CCC(C)(N)CC4)cnc23)c1. The standard InChI is InChI=1S/C21H26N6O/c1-21(22)7-9-27(10-8-21)16-12-17-19(23-13-16)18(25-24-17)14-5-4-6-15(11-14)20(28)26(2)3/h4-6,11-13H,7-10,22H2,1-3H3,(H,24,25). The van der Waals surface area contributed by atoms with Crippen molar-refractivity contribution in [2.24, 2.45) is 5.73 Å². The van der Waals surface area contributed by atoms with Gasteiger partial charge in [-0.3, -0.25) is 14.9 Å². The van der Waals surface area contributed by atoms with Crippen molar-refractivity contribution in [2.45, 2.75) is 25.3 Å². The van der Waals surface area contributed by atoms with Crippen molar-refractivity contribution in [3.05, 3.63) is 42.1 Å². The second-order valence-corrected chi connectivity index (χ2v) is 8.08. The third-order valence-electron chi connectivity index (χ3n) is 5.45. The molecular weight excluding hydrogens is 352 g/mol. The predicted molar refractivity (Wildman–Crippen MR) is 111 cm³/mol. The summed E-state index contributed by atoms with van der Waals surface area (Å²) in [4.78, 5) is 20.8. The van der Waals surface area contributed by atoms with Gasteiger partial charge in [0.25, 0.3) is 5.91 Å². The Bertz CT molecular complexity index is 1010. The zero-order chi connectivity index (χ0) is 19.9. The fourth-order valence-electron chi connectivity index (χ4n) is 3.60. The highest BCUT2D eigenvalue weighted by atomic mass is 16.2. The van der Waals surface area contributed by atoms with Crippen molar-refractivity contribution in [2.75, 3.05) is 32.1 Å². The lowest BCUT2D eigenvalue weighted by atomic mass is 9.91. The van der Waals surface area contributed by atoms with E-state index in [0.717, 1.165) is 53.9 Å². The molecule has 1 aliphatic rings. The van der Waals surface area contributed by atoms with Crippen molar-refractivity contribution in [3.8, 4) is 11.3 Å². The zero-order valence-electron chi connectivity index (χ0n) is 16.6. The number of aromatic nitrogens is 3. The third-order valence-corrected chi connectivity index (χ3v) is 5.45. The lowest BCUT2D eigenvalue weighted by molar-refractivity contribution is 0.0827. The molecule has 0 unspecified atom stereocenters. The molecule has 2 aromatic heterocycles. The maximum Gasteiger partial charge on any atom is 0.253 e. The van der Waals surface area contributed by atoms with E-state index < -0.39 is 0 Å². The zero-order valence-corrected chi connectivity index (χ0v) is 16.6. The number of H-pyrrole nitrogens is 1. The molecule has 28 heavy (non-hydrogen) atoms. The molecule has 0 radical (unpaired) electrons. The highest BCUT2D eigenvalue weighted by molar-refractivity contribution is 5.97. The quantitative estimate of drug-likeness (QED) is 0.731. The topological polar surface area (TPSA) is 91.1 Å². The molecule has 1 aromatic carbocycles. The minimum atomic E-state index is -0.0792. The number of nitrogens with two attached hydrogens (primary N) is 1. The Balaban J connectivity index is 1.64. The fourth-order valence-corrected chi connectivity index (χ4v) is 3.60. The van der Waals surface area contributed by atoms with E-state index in [-0.39, 0.29) is 11.4 Å². The summed E-state index contributed by atoms with van der Waals surface area (Å²) in [5.41, 5.74) is 11.2. The van der Waals surface area contributed by atoms with Crippen LogP contribution in [-0.4, -0.2) is 58.7 Å². The van der Waals surface area contributed by atoms with Crippen molar-refractivity contribution in [1.82, 2.24) is 20.1 Å². The molecule has 0 aliphatic carbocycles. The second kappa shape index (κ2) is 6.91. The van der Waals surface area contributed by atoms with Crippen LogP contribution in [0, 0.1) is 0 Å². The van der Waals surface area contributed by atoms with Crippen molar-refractivity contribution in [3.63, 3.8) is 0 Å². The average Bonchev–Trinajstić information content (AvgIpc) is 3.10. The molecule has 7 nitrogen and oxygen atoms in total. The van der Waals surface area contributed by atoms with Crippen molar-refractivity contribution in [1.29, 1.82) is 0 Å². The van der Waals surface area contributed by atoms with Gasteiger partial charge in [0, 0.05) is 43.9 Å². The number of pyridine rings is 1. The highest BCUT2D eigenvalue weighted by Gasteiger charge is 2.26. The highest BCUT2D eigenvalue weighted by Crippen LogP contribution is 2.30. The van der Waals surface area contributed by atoms with E-state index in [4.69, 9.17) is 5.73 Å². The number of hydrogen-bond acceptors (Lipinski definition) is 5. The lowest BCUT2D eigenvalue weighted by Gasteiger charge is -2.37. The molecule has 0 atom stereocenters. The first-order chi connectivity index (χ1) is 13.3. The number of anilines is 1. The van der Waals surface area contributed by atoms with Crippen molar-refractivity contribution < 1.29 is 4.79 Å². The van der Waals surface area contributed by atoms with Crippen LogP contribution in [0.3, 0.4) is 0 Å². The fraction of sp³-hybridized carbons (Fsp3) is 0.381. The molecule has 0 bridgehead atoms. The second-order valence-electron chi connectivity index (χ2n) is 8.08. The van der Waals surface area contributed by atoms with Gasteiger partial charge >= 0.3 is 0 Å². The van der Waals surface area contributed by atoms with Crippen LogP contribution in [0.4, 0.5) is 5.69 Å². The smallest absolute Gasteiger partial charge is 0.253 e. The van der Waals surface area contributed by atoms with Gasteiger partial charge in [0.1, 0.15) is 11.2 Å². The number of carbonyl (C=O) groups excluding carboxylic acids is 1. The maximum atomic E-state index is 12.3. The number of carbonyl (C=O) groups is 1. The van der Waals surface area contributed by atoms with Gasteiger partial charge in [-0.1, -0.05) is 12.1 Å². The van der Waals surface area contributed by atoms with E-state index in [1.807, 2.05) is 30.5 Å². The molecule has 3 heterocycles. The molecule has 1 saturated heterocycles. The van der Waals surface area contributed by atoms with E-state index in [9.17, 15) is 4.79 Å². The van der Waals surface area contributed by atoms with Gasteiger partial charge in [-0.25, -0.2) is 0 Å². The number of fused-ring (bicyclic) bond motifs is 1. The Hall–Kier alpha value is -2.93. The van der Waals surface area contributed by atoms with Crippen LogP contribution in [0.5, 0.6) is 0 Å². The van der Waals surface area contributed by atoms with Gasteiger partial charge in [-0.05, 0) is 38.0 Å². The minimum absolute atomic E-state index is 0.0334. The summed E-state index contributed by atoms with van der Waals surface area (Å²) in [5.74, 6) is -0.0334. The first kappa shape index (κ1) is 18.4. The summed E-state index contributed by atoms with van der Waals surface area (Å²) in [6.45, 7) is 3.97. The largest absolute Gasteiger partial charge is 0.370 e. The molecule has 3 N–H and O–H groups in total. The van der Waals surface area contributed by atoms with Gasteiger partial charge in [0.2, 0.25) is 0 Å². The molecule has 3 aromatic rings. The molecule has 1 aliphatic heterocycles. The Labute approximate surface area is 164 Å². The number of aromatic amines is 1. The molecule has 0 spiro atoms. The van der Waals surface area contributed by atoms with E-state index >= 15 is 0 Å². The van der Waals surface area contributed by atoms with Crippen LogP contribution in [0.15, 0.2) is 36.5 Å². The summed E-state index contributed by atoms with van der Waals surface area (Å²) in [6.07, 6.45) is 3.83.